The Labute approximate surface area is 41.4 Å². The van der Waals surface area contributed by atoms with Gasteiger partial charge in [0.2, 0.25) is 0 Å². The maximum Gasteiger partial charge on any atom is 0.644 e. The van der Waals surface area contributed by atoms with Crippen LogP contribution in [0.15, 0.2) is 0 Å². The number of hydrogen-bond acceptors (Lipinski definition) is 3. The van der Waals surface area contributed by atoms with Gasteiger partial charge in [0.15, 0.2) is 0 Å². The Balaban J connectivity index is 0. The van der Waals surface area contributed by atoms with Gasteiger partial charge in [0, 0.05) is 0 Å². The van der Waals surface area contributed by atoms with E-state index in [1.807, 2.05) is 0 Å². The number of rotatable bonds is 0. The lowest BCUT2D eigenvalue weighted by Crippen LogP contribution is -1.75. The van der Waals surface area contributed by atoms with Crippen molar-refractivity contribution in [1.29, 1.82) is 0 Å². The molecule has 0 radical (unpaired) electrons. The molecule has 32 valence electrons. The lowest BCUT2D eigenvalue weighted by atomic mass is 15.8. The molecule has 0 saturated heterocycles. The second-order valence-electron chi connectivity index (χ2n) is 0.141. The molecule has 0 aliphatic rings. The zero-order valence-corrected chi connectivity index (χ0v) is 4.60. The van der Waals surface area contributed by atoms with Crippen molar-refractivity contribution in [1.82, 2.24) is 0 Å². The molecule has 0 saturated carbocycles. The summed E-state index contributed by atoms with van der Waals surface area (Å²) in [6.45, 7) is 0. The number of hydrogen-bond donors (Lipinski definition) is 3. The van der Waals surface area contributed by atoms with Crippen molar-refractivity contribution in [2.75, 3.05) is 0 Å². The standard InChI is InChI=1S/Al.ClHO.2H2O.H/c;1-2;;;/h;2H;2*1H2;/q+2;;;;/p-2. The molecule has 0 bridgehead atoms. The van der Waals surface area contributed by atoms with Crippen molar-refractivity contribution in [2.24, 2.45) is 0 Å². The molecule has 3 nitrogen and oxygen atoms in total. The normalized spacial score (nSPS) is 4.00. The third kappa shape index (κ3) is 69.6. The van der Waals surface area contributed by atoms with Crippen molar-refractivity contribution < 1.29 is 13.0 Å². The molecular formula is H4AlClO3. The predicted octanol–water partition coefficient (Wildman–Crippen LogP) is -1.63. The van der Waals surface area contributed by atoms with Crippen molar-refractivity contribution in [3.63, 3.8) is 0 Å². The van der Waals surface area contributed by atoms with E-state index in [0.717, 1.165) is 0 Å². The van der Waals surface area contributed by atoms with Gasteiger partial charge in [-0.2, -0.15) is 0 Å². The molecule has 0 unspecified atom stereocenters. The Morgan fingerprint density at radius 3 is 1.20 bits per heavy atom. The molecule has 0 aliphatic carbocycles. The average molecular weight is 114 g/mol. The van der Waals surface area contributed by atoms with E-state index in [1.165, 1.54) is 0 Å². The summed E-state index contributed by atoms with van der Waals surface area (Å²) in [7, 11) is 0. The molecule has 0 spiro atoms. The molecule has 0 aromatic rings. The van der Waals surface area contributed by atoms with Crippen molar-refractivity contribution in [3.05, 3.63) is 0 Å². The molecule has 0 aromatic heterocycles. The first-order chi connectivity index (χ1) is 2.41. The van der Waals surface area contributed by atoms with E-state index in [9.17, 15) is 0 Å². The van der Waals surface area contributed by atoms with Crippen LogP contribution in [0.1, 0.15) is 0 Å². The minimum atomic E-state index is -1.58. The van der Waals surface area contributed by atoms with Crippen LogP contribution in [0, 0.1) is 0 Å². The van der Waals surface area contributed by atoms with Gasteiger partial charge in [0.1, 0.15) is 0 Å². The first kappa shape index (κ1) is 9.20. The zero-order valence-electron chi connectivity index (χ0n) is 2.43. The largest absolute Gasteiger partial charge is 0.644 e. The first-order valence-corrected chi connectivity index (χ1v) is 2.40. The van der Waals surface area contributed by atoms with Crippen molar-refractivity contribution >= 4 is 27.8 Å². The van der Waals surface area contributed by atoms with Gasteiger partial charge in [-0.3, -0.25) is 4.66 Å². The molecule has 0 aromatic carbocycles. The molecule has 0 amide bonds. The van der Waals surface area contributed by atoms with Crippen LogP contribution < -0.4 is 0 Å². The summed E-state index contributed by atoms with van der Waals surface area (Å²) >= 11 is 2.06. The van der Waals surface area contributed by atoms with Gasteiger partial charge < -0.3 is 8.32 Å². The molecule has 0 aliphatic heterocycles. The van der Waals surface area contributed by atoms with Gasteiger partial charge in [-0.25, -0.2) is 0 Å². The first-order valence-electron chi connectivity index (χ1n) is 0.801. The van der Waals surface area contributed by atoms with Crippen LogP contribution in [-0.4, -0.2) is 28.9 Å². The monoisotopic (exact) mass is 114 g/mol. The highest BCUT2D eigenvalue weighted by atomic mass is 35.5. The summed E-state index contributed by atoms with van der Waals surface area (Å²) in [5, 5.41) is 0. The minimum absolute atomic E-state index is 1.58. The van der Waals surface area contributed by atoms with E-state index in [4.69, 9.17) is 13.0 Å². The van der Waals surface area contributed by atoms with Crippen LogP contribution in [0.2, 0.25) is 0 Å². The predicted molar refractivity (Wildman–Crippen MR) is 19.7 cm³/mol. The van der Waals surface area contributed by atoms with Crippen LogP contribution in [0.25, 0.3) is 0 Å². The summed E-state index contributed by atoms with van der Waals surface area (Å²) in [6.07, 6.45) is 0. The van der Waals surface area contributed by atoms with Crippen LogP contribution in [-0.2, 0) is 0 Å². The summed E-state index contributed by atoms with van der Waals surface area (Å²) in [5.74, 6) is 0. The van der Waals surface area contributed by atoms with Gasteiger partial charge >= 0.3 is 15.9 Å². The molecule has 0 fully saturated rings. The van der Waals surface area contributed by atoms with Gasteiger partial charge in [-0.05, 0) is 0 Å². The van der Waals surface area contributed by atoms with Crippen molar-refractivity contribution in [2.45, 2.75) is 0 Å². The third-order valence-corrected chi connectivity index (χ3v) is 0. The second-order valence-corrected chi connectivity index (χ2v) is 0.424. The molecule has 5 heteroatoms. The van der Waals surface area contributed by atoms with E-state index in [1.54, 1.807) is 0 Å². The molecular weight excluding hydrogens is 110 g/mol. The Kier molecular flexibility index (Phi) is 40.9. The highest BCUT2D eigenvalue weighted by molar-refractivity contribution is 6.13. The topological polar surface area (TPSA) is 60.7 Å². The average Bonchev–Trinajstić information content (AvgIpc) is 1.46. The van der Waals surface area contributed by atoms with E-state index < -0.39 is 15.9 Å². The van der Waals surface area contributed by atoms with E-state index in [0.29, 0.717) is 0 Å². The fraction of sp³-hybridized carbons (Fsp3) is 0. The Hall–Kier alpha value is 0.702. The second kappa shape index (κ2) is 22.2. The van der Waals surface area contributed by atoms with Crippen LogP contribution in [0.5, 0.6) is 0 Å². The Bertz CT molecular complexity index is 6.85. The lowest BCUT2D eigenvalue weighted by Gasteiger charge is -1.45. The quantitative estimate of drug-likeness (QED) is 0.332. The van der Waals surface area contributed by atoms with Gasteiger partial charge in [-0.15, -0.1) is 0 Å². The summed E-state index contributed by atoms with van der Waals surface area (Å²) in [5.41, 5.74) is 0. The van der Waals surface area contributed by atoms with E-state index >= 15 is 0 Å². The van der Waals surface area contributed by atoms with Gasteiger partial charge in [0.25, 0.3) is 0 Å². The molecule has 0 heterocycles. The van der Waals surface area contributed by atoms with Crippen molar-refractivity contribution in [3.8, 4) is 0 Å². The fourth-order valence-corrected chi connectivity index (χ4v) is 0. The summed E-state index contributed by atoms with van der Waals surface area (Å²) < 4.78 is 21.0. The number of halogens is 1. The molecule has 0 atom stereocenters. The van der Waals surface area contributed by atoms with Gasteiger partial charge in [0.05, 0.1) is 11.9 Å². The molecule has 3 N–H and O–H groups in total. The highest BCUT2D eigenvalue weighted by Crippen LogP contribution is 1.31. The molecule has 5 heavy (non-hydrogen) atoms. The third-order valence-electron chi connectivity index (χ3n) is 0. The van der Waals surface area contributed by atoms with E-state index in [2.05, 4.69) is 11.9 Å². The SMILES string of the molecule is OCl.[OH][AlH][OH]. The maximum absolute atomic E-state index is 7.26. The Morgan fingerprint density at radius 2 is 1.20 bits per heavy atom. The van der Waals surface area contributed by atoms with Crippen LogP contribution >= 0.6 is 11.9 Å². The molecule has 0 rings (SSSR count). The highest BCUT2D eigenvalue weighted by Gasteiger charge is 1.60. The Morgan fingerprint density at radius 1 is 1.20 bits per heavy atom. The smallest absolute Gasteiger partial charge is 0.496 e. The summed E-state index contributed by atoms with van der Waals surface area (Å²) in [6, 6.07) is 0. The van der Waals surface area contributed by atoms with Gasteiger partial charge in [-0.1, -0.05) is 0 Å². The maximum atomic E-state index is 7.26. The van der Waals surface area contributed by atoms with Crippen LogP contribution in [0.3, 0.4) is 0 Å². The lowest BCUT2D eigenvalue weighted by molar-refractivity contribution is 0.448. The minimum Gasteiger partial charge on any atom is -0.496 e. The van der Waals surface area contributed by atoms with Crippen LogP contribution in [0.4, 0.5) is 0 Å². The zero-order chi connectivity index (χ0) is 4.71. The summed E-state index contributed by atoms with van der Waals surface area (Å²) in [4.78, 5) is 0. The fourth-order valence-electron chi connectivity index (χ4n) is 0. The van der Waals surface area contributed by atoms with E-state index in [-0.39, 0.29) is 0 Å².